The van der Waals surface area contributed by atoms with Crippen molar-refractivity contribution in [3.63, 3.8) is 0 Å². The minimum Gasteiger partial charge on any atom is -0.375 e. The first-order valence-corrected chi connectivity index (χ1v) is 6.61. The first kappa shape index (κ1) is 15.0. The number of anilines is 1. The third-order valence-corrected chi connectivity index (χ3v) is 3.15. The van der Waals surface area contributed by atoms with Crippen LogP contribution in [0.5, 0.6) is 0 Å². The Bertz CT molecular complexity index is 629. The number of hydrogen-bond donors (Lipinski definition) is 0. The van der Waals surface area contributed by atoms with Gasteiger partial charge in [0.1, 0.15) is 5.82 Å². The van der Waals surface area contributed by atoms with Crippen LogP contribution in [0.1, 0.15) is 16.1 Å². The summed E-state index contributed by atoms with van der Waals surface area (Å²) < 4.78 is 13.9. The molecule has 1 amide bonds. The summed E-state index contributed by atoms with van der Waals surface area (Å²) in [5.41, 5.74) is 1.58. The molecular formula is C16H18FN3O. The molecule has 4 nitrogen and oxygen atoms in total. The number of nitrogens with zero attached hydrogens (tertiary/aromatic N) is 3. The third kappa shape index (κ3) is 3.56. The highest BCUT2D eigenvalue weighted by molar-refractivity contribution is 5.94. The van der Waals surface area contributed by atoms with Crippen molar-refractivity contribution in [3.05, 3.63) is 59.7 Å². The van der Waals surface area contributed by atoms with E-state index in [9.17, 15) is 9.18 Å². The van der Waals surface area contributed by atoms with Gasteiger partial charge in [0, 0.05) is 32.9 Å². The summed E-state index contributed by atoms with van der Waals surface area (Å²) in [5.74, 6) is -0.637. The fourth-order valence-corrected chi connectivity index (χ4v) is 2.03. The molecule has 1 aromatic heterocycles. The molecule has 2 aromatic rings. The van der Waals surface area contributed by atoms with E-state index in [-0.39, 0.29) is 5.91 Å². The molecule has 0 spiro atoms. The number of carbonyl (C=O) groups excluding carboxylic acids is 1. The highest BCUT2D eigenvalue weighted by Crippen LogP contribution is 2.19. The van der Waals surface area contributed by atoms with Gasteiger partial charge in [-0.1, -0.05) is 6.07 Å². The van der Waals surface area contributed by atoms with Gasteiger partial charge in [-0.2, -0.15) is 0 Å². The molecule has 0 unspecified atom stereocenters. The molecule has 110 valence electrons. The van der Waals surface area contributed by atoms with Gasteiger partial charge in [0.05, 0.1) is 17.9 Å². The summed E-state index contributed by atoms with van der Waals surface area (Å²) in [6.45, 7) is 0.386. The zero-order chi connectivity index (χ0) is 15.4. The van der Waals surface area contributed by atoms with Gasteiger partial charge in [-0.15, -0.1) is 0 Å². The van der Waals surface area contributed by atoms with Gasteiger partial charge in [0.25, 0.3) is 5.91 Å². The van der Waals surface area contributed by atoms with E-state index in [1.54, 1.807) is 44.4 Å². The summed E-state index contributed by atoms with van der Waals surface area (Å²) in [6.07, 6.45) is 1.68. The SMILES string of the molecule is CN(Cc1ccccn1)C(=O)c1ccc(N(C)C)c(F)c1. The quantitative estimate of drug-likeness (QED) is 0.867. The minimum atomic E-state index is -0.405. The summed E-state index contributed by atoms with van der Waals surface area (Å²) in [4.78, 5) is 19.7. The minimum absolute atomic E-state index is 0.232. The highest BCUT2D eigenvalue weighted by Gasteiger charge is 2.15. The topological polar surface area (TPSA) is 36.4 Å². The van der Waals surface area contributed by atoms with Crippen LogP contribution in [0.2, 0.25) is 0 Å². The van der Waals surface area contributed by atoms with Gasteiger partial charge in [0.15, 0.2) is 0 Å². The van der Waals surface area contributed by atoms with Crippen molar-refractivity contribution >= 4 is 11.6 Å². The number of hydrogen-bond acceptors (Lipinski definition) is 3. The molecule has 0 saturated heterocycles. The van der Waals surface area contributed by atoms with Crippen LogP contribution in [0, 0.1) is 5.82 Å². The first-order valence-electron chi connectivity index (χ1n) is 6.61. The fraction of sp³-hybridized carbons (Fsp3) is 0.250. The molecule has 0 aliphatic carbocycles. The van der Waals surface area contributed by atoms with Crippen LogP contribution in [-0.4, -0.2) is 36.9 Å². The van der Waals surface area contributed by atoms with E-state index in [1.165, 1.54) is 11.0 Å². The number of aromatic nitrogens is 1. The van der Waals surface area contributed by atoms with Crippen molar-refractivity contribution in [1.82, 2.24) is 9.88 Å². The van der Waals surface area contributed by atoms with E-state index in [0.29, 0.717) is 17.8 Å². The van der Waals surface area contributed by atoms with E-state index in [1.807, 2.05) is 18.2 Å². The Balaban J connectivity index is 2.14. The highest BCUT2D eigenvalue weighted by atomic mass is 19.1. The van der Waals surface area contributed by atoms with Gasteiger partial charge in [0.2, 0.25) is 0 Å². The molecule has 0 aliphatic rings. The number of carbonyl (C=O) groups is 1. The van der Waals surface area contributed by atoms with Gasteiger partial charge in [-0.25, -0.2) is 4.39 Å². The van der Waals surface area contributed by atoms with Gasteiger partial charge in [-0.05, 0) is 30.3 Å². The Kier molecular flexibility index (Phi) is 4.52. The summed E-state index contributed by atoms with van der Waals surface area (Å²) >= 11 is 0. The van der Waals surface area contributed by atoms with E-state index in [4.69, 9.17) is 0 Å². The second-order valence-electron chi connectivity index (χ2n) is 5.04. The van der Waals surface area contributed by atoms with Gasteiger partial charge < -0.3 is 9.80 Å². The molecule has 0 atom stereocenters. The van der Waals surface area contributed by atoms with Crippen LogP contribution in [0.25, 0.3) is 0 Å². The monoisotopic (exact) mass is 287 g/mol. The molecule has 21 heavy (non-hydrogen) atoms. The van der Waals surface area contributed by atoms with E-state index in [0.717, 1.165) is 5.69 Å². The lowest BCUT2D eigenvalue weighted by atomic mass is 10.1. The second-order valence-corrected chi connectivity index (χ2v) is 5.04. The predicted octanol–water partition coefficient (Wildman–Crippen LogP) is 2.56. The average molecular weight is 287 g/mol. The van der Waals surface area contributed by atoms with Crippen LogP contribution in [-0.2, 0) is 6.54 Å². The average Bonchev–Trinajstić information content (AvgIpc) is 2.47. The van der Waals surface area contributed by atoms with Crippen LogP contribution in [0.3, 0.4) is 0 Å². The van der Waals surface area contributed by atoms with Gasteiger partial charge in [-0.3, -0.25) is 9.78 Å². The van der Waals surface area contributed by atoms with Crippen molar-refractivity contribution in [1.29, 1.82) is 0 Å². The molecule has 0 aliphatic heterocycles. The molecule has 0 fully saturated rings. The van der Waals surface area contributed by atoms with E-state index >= 15 is 0 Å². The van der Waals surface area contributed by atoms with Crippen LogP contribution < -0.4 is 4.90 Å². The number of halogens is 1. The maximum absolute atomic E-state index is 13.9. The largest absolute Gasteiger partial charge is 0.375 e. The lowest BCUT2D eigenvalue weighted by Crippen LogP contribution is -2.26. The number of amides is 1. The zero-order valence-electron chi connectivity index (χ0n) is 12.4. The van der Waals surface area contributed by atoms with Gasteiger partial charge >= 0.3 is 0 Å². The fourth-order valence-electron chi connectivity index (χ4n) is 2.03. The van der Waals surface area contributed by atoms with Crippen molar-refractivity contribution in [2.45, 2.75) is 6.54 Å². The van der Waals surface area contributed by atoms with Crippen molar-refractivity contribution in [2.75, 3.05) is 26.0 Å². The molecular weight excluding hydrogens is 269 g/mol. The molecule has 2 rings (SSSR count). The van der Waals surface area contributed by atoms with Crippen LogP contribution in [0.4, 0.5) is 10.1 Å². The Hall–Kier alpha value is -2.43. The molecule has 0 bridgehead atoms. The molecule has 0 saturated carbocycles. The maximum Gasteiger partial charge on any atom is 0.254 e. The molecule has 1 heterocycles. The smallest absolute Gasteiger partial charge is 0.254 e. The summed E-state index contributed by atoms with van der Waals surface area (Å²) in [5, 5.41) is 0. The molecule has 1 aromatic carbocycles. The normalized spacial score (nSPS) is 10.3. The zero-order valence-corrected chi connectivity index (χ0v) is 12.4. The van der Waals surface area contributed by atoms with Crippen molar-refractivity contribution in [2.24, 2.45) is 0 Å². The lowest BCUT2D eigenvalue weighted by molar-refractivity contribution is 0.0783. The Morgan fingerprint density at radius 3 is 2.52 bits per heavy atom. The molecule has 5 heteroatoms. The molecule has 0 radical (unpaired) electrons. The molecule has 0 N–H and O–H groups in total. The van der Waals surface area contributed by atoms with Crippen LogP contribution in [0.15, 0.2) is 42.6 Å². The summed E-state index contributed by atoms with van der Waals surface area (Å²) in [7, 11) is 5.19. The maximum atomic E-state index is 13.9. The Morgan fingerprint density at radius 2 is 1.95 bits per heavy atom. The van der Waals surface area contributed by atoms with Crippen molar-refractivity contribution in [3.8, 4) is 0 Å². The summed E-state index contributed by atoms with van der Waals surface area (Å²) in [6, 6.07) is 10.0. The van der Waals surface area contributed by atoms with Crippen molar-refractivity contribution < 1.29 is 9.18 Å². The number of benzene rings is 1. The predicted molar refractivity (Wildman–Crippen MR) is 80.8 cm³/mol. The Labute approximate surface area is 123 Å². The number of pyridine rings is 1. The van der Waals surface area contributed by atoms with E-state index < -0.39 is 5.82 Å². The number of rotatable bonds is 4. The van der Waals surface area contributed by atoms with E-state index in [2.05, 4.69) is 4.98 Å². The first-order chi connectivity index (χ1) is 9.99. The van der Waals surface area contributed by atoms with Crippen LogP contribution >= 0.6 is 0 Å². The third-order valence-electron chi connectivity index (χ3n) is 3.15. The Morgan fingerprint density at radius 1 is 1.19 bits per heavy atom. The standard InChI is InChI=1S/C16H18FN3O/c1-19(2)15-8-7-12(10-14(15)17)16(21)20(3)11-13-6-4-5-9-18-13/h4-10H,11H2,1-3H3. The second kappa shape index (κ2) is 6.35. The lowest BCUT2D eigenvalue weighted by Gasteiger charge is -2.18.